The van der Waals surface area contributed by atoms with E-state index in [2.05, 4.69) is 11.6 Å². The third-order valence-corrected chi connectivity index (χ3v) is 7.59. The third kappa shape index (κ3) is 5.80. The second-order valence-electron chi connectivity index (χ2n) is 7.37. The van der Waals surface area contributed by atoms with Gasteiger partial charge in [0.1, 0.15) is 11.5 Å². The molecular weight excluding hydrogens is 424 g/mol. The second kappa shape index (κ2) is 10.4. The Morgan fingerprint density at radius 3 is 2.73 bits per heavy atom. The van der Waals surface area contributed by atoms with Crippen LogP contribution in [0.15, 0.2) is 45.9 Å². The van der Waals surface area contributed by atoms with Gasteiger partial charge in [0.05, 0.1) is 29.6 Å². The molecule has 0 saturated carbocycles. The predicted octanol–water partition coefficient (Wildman–Crippen LogP) is 3.37. The van der Waals surface area contributed by atoms with Gasteiger partial charge in [-0.25, -0.2) is 13.1 Å². The lowest BCUT2D eigenvalue weighted by molar-refractivity contribution is 0.0693. The number of hydrogen-bond acceptors (Lipinski definition) is 6. The van der Waals surface area contributed by atoms with Crippen molar-refractivity contribution < 1.29 is 22.4 Å². The van der Waals surface area contributed by atoms with E-state index in [-0.39, 0.29) is 22.9 Å². The van der Waals surface area contributed by atoms with Gasteiger partial charge in [-0.1, -0.05) is 6.92 Å². The third-order valence-electron chi connectivity index (χ3n) is 5.15. The van der Waals surface area contributed by atoms with E-state index in [0.29, 0.717) is 36.3 Å². The lowest BCUT2D eigenvalue weighted by Crippen LogP contribution is -2.38. The van der Waals surface area contributed by atoms with Gasteiger partial charge in [-0.05, 0) is 49.1 Å². The smallest absolute Gasteiger partial charge is 0.257 e. The molecule has 0 unspecified atom stereocenters. The van der Waals surface area contributed by atoms with Gasteiger partial charge >= 0.3 is 0 Å². The van der Waals surface area contributed by atoms with Crippen molar-refractivity contribution in [3.05, 3.63) is 47.9 Å². The zero-order valence-corrected chi connectivity index (χ0v) is 18.9. The summed E-state index contributed by atoms with van der Waals surface area (Å²) in [5, 5.41) is 0. The standard InChI is InChI=1S/C21H28N2O5S2/c1-16-7-10-23(11-8-16)21(24)19-14-18(5-6-20(19)27-2)30(25,26)22-9-13-29-15-17-4-3-12-28-17/h3-6,12,14,16,22H,7-11,13,15H2,1-2H3. The molecule has 0 spiro atoms. The average Bonchev–Trinajstić information content (AvgIpc) is 3.26. The molecule has 1 saturated heterocycles. The number of nitrogens with zero attached hydrogens (tertiary/aromatic N) is 1. The molecule has 0 bridgehead atoms. The number of likely N-dealkylation sites (tertiary alicyclic amines) is 1. The molecule has 1 aromatic carbocycles. The van der Waals surface area contributed by atoms with Crippen molar-refractivity contribution in [3.8, 4) is 5.75 Å². The highest BCUT2D eigenvalue weighted by Crippen LogP contribution is 2.26. The van der Waals surface area contributed by atoms with Gasteiger partial charge in [-0.15, -0.1) is 0 Å². The second-order valence-corrected chi connectivity index (χ2v) is 10.2. The Balaban J connectivity index is 1.64. The lowest BCUT2D eigenvalue weighted by atomic mass is 9.98. The molecule has 1 N–H and O–H groups in total. The molecule has 0 aliphatic carbocycles. The summed E-state index contributed by atoms with van der Waals surface area (Å²) in [5.74, 6) is 2.93. The van der Waals surface area contributed by atoms with Crippen LogP contribution < -0.4 is 9.46 Å². The Hall–Kier alpha value is -1.97. The van der Waals surface area contributed by atoms with Crippen LogP contribution in [0.2, 0.25) is 0 Å². The van der Waals surface area contributed by atoms with Gasteiger partial charge in [0, 0.05) is 25.4 Å². The van der Waals surface area contributed by atoms with E-state index in [9.17, 15) is 13.2 Å². The van der Waals surface area contributed by atoms with Crippen LogP contribution in [-0.4, -0.2) is 51.7 Å². The van der Waals surface area contributed by atoms with E-state index in [4.69, 9.17) is 9.15 Å². The highest BCUT2D eigenvalue weighted by Gasteiger charge is 2.26. The maximum atomic E-state index is 13.0. The SMILES string of the molecule is COc1ccc(S(=O)(=O)NCCSCc2ccco2)cc1C(=O)N1CCC(C)CC1. The quantitative estimate of drug-likeness (QED) is 0.587. The molecule has 7 nitrogen and oxygen atoms in total. The van der Waals surface area contributed by atoms with Crippen LogP contribution in [0, 0.1) is 5.92 Å². The summed E-state index contributed by atoms with van der Waals surface area (Å²) in [4.78, 5) is 14.8. The summed E-state index contributed by atoms with van der Waals surface area (Å²) in [7, 11) is -2.25. The molecule has 0 atom stereocenters. The number of benzene rings is 1. The Kier molecular flexibility index (Phi) is 7.85. The van der Waals surface area contributed by atoms with Crippen molar-refractivity contribution in [1.29, 1.82) is 0 Å². The van der Waals surface area contributed by atoms with Gasteiger partial charge in [-0.2, -0.15) is 11.8 Å². The molecular formula is C21H28N2O5S2. The number of piperidine rings is 1. The summed E-state index contributed by atoms with van der Waals surface area (Å²) >= 11 is 1.58. The number of thioether (sulfide) groups is 1. The van der Waals surface area contributed by atoms with Crippen molar-refractivity contribution in [2.75, 3.05) is 32.5 Å². The molecule has 164 valence electrons. The van der Waals surface area contributed by atoms with E-state index >= 15 is 0 Å². The monoisotopic (exact) mass is 452 g/mol. The van der Waals surface area contributed by atoms with Crippen molar-refractivity contribution in [1.82, 2.24) is 9.62 Å². The van der Waals surface area contributed by atoms with Gasteiger partial charge in [0.15, 0.2) is 0 Å². The van der Waals surface area contributed by atoms with Crippen LogP contribution >= 0.6 is 11.8 Å². The lowest BCUT2D eigenvalue weighted by Gasteiger charge is -2.30. The van der Waals surface area contributed by atoms with Crippen LogP contribution in [0.3, 0.4) is 0 Å². The van der Waals surface area contributed by atoms with E-state index in [1.165, 1.54) is 19.2 Å². The van der Waals surface area contributed by atoms with Crippen LogP contribution in [-0.2, 0) is 15.8 Å². The summed E-state index contributed by atoms with van der Waals surface area (Å²) < 4.78 is 38.6. The number of carbonyl (C=O) groups is 1. The van der Waals surface area contributed by atoms with Crippen molar-refractivity contribution in [3.63, 3.8) is 0 Å². The van der Waals surface area contributed by atoms with Gasteiger partial charge in [0.2, 0.25) is 10.0 Å². The van der Waals surface area contributed by atoms with Crippen molar-refractivity contribution >= 4 is 27.7 Å². The summed E-state index contributed by atoms with van der Waals surface area (Å²) in [5.41, 5.74) is 0.280. The molecule has 1 aromatic heterocycles. The van der Waals surface area contributed by atoms with Gasteiger partial charge in [-0.3, -0.25) is 4.79 Å². The van der Waals surface area contributed by atoms with Gasteiger partial charge in [0.25, 0.3) is 5.91 Å². The maximum Gasteiger partial charge on any atom is 0.257 e. The zero-order chi connectivity index (χ0) is 21.6. The Bertz CT molecular complexity index is 936. The number of carbonyl (C=O) groups excluding carboxylic acids is 1. The summed E-state index contributed by atoms with van der Waals surface area (Å²) in [6.45, 7) is 3.80. The first kappa shape index (κ1) is 22.7. The molecule has 1 aliphatic rings. The van der Waals surface area contributed by atoms with E-state index < -0.39 is 10.0 Å². The van der Waals surface area contributed by atoms with E-state index in [0.717, 1.165) is 18.6 Å². The topological polar surface area (TPSA) is 88.9 Å². The number of nitrogens with one attached hydrogen (secondary N) is 1. The van der Waals surface area contributed by atoms with Crippen molar-refractivity contribution in [2.45, 2.75) is 30.4 Å². The van der Waals surface area contributed by atoms with Crippen molar-refractivity contribution in [2.24, 2.45) is 5.92 Å². The molecule has 1 fully saturated rings. The minimum absolute atomic E-state index is 0.0630. The number of rotatable bonds is 9. The minimum atomic E-state index is -3.73. The fourth-order valence-corrected chi connectivity index (χ4v) is 5.25. The maximum absolute atomic E-state index is 13.0. The molecule has 1 amide bonds. The molecule has 1 aliphatic heterocycles. The fourth-order valence-electron chi connectivity index (χ4n) is 3.30. The molecule has 30 heavy (non-hydrogen) atoms. The minimum Gasteiger partial charge on any atom is -0.496 e. The number of ether oxygens (including phenoxy) is 1. The first-order valence-corrected chi connectivity index (χ1v) is 12.6. The Morgan fingerprint density at radius 1 is 1.30 bits per heavy atom. The average molecular weight is 453 g/mol. The fraction of sp³-hybridized carbons (Fsp3) is 0.476. The Morgan fingerprint density at radius 2 is 2.07 bits per heavy atom. The normalized spacial score (nSPS) is 15.3. The van der Waals surface area contributed by atoms with Crippen LogP contribution in [0.1, 0.15) is 35.9 Å². The van der Waals surface area contributed by atoms with Crippen LogP contribution in [0.25, 0.3) is 0 Å². The highest BCUT2D eigenvalue weighted by molar-refractivity contribution is 7.98. The number of furan rings is 1. The number of sulfonamides is 1. The molecule has 0 radical (unpaired) electrons. The largest absolute Gasteiger partial charge is 0.496 e. The summed E-state index contributed by atoms with van der Waals surface area (Å²) in [6.07, 6.45) is 3.51. The highest BCUT2D eigenvalue weighted by atomic mass is 32.2. The molecule has 9 heteroatoms. The number of hydrogen-bond donors (Lipinski definition) is 1. The van der Waals surface area contributed by atoms with E-state index in [1.807, 2.05) is 12.1 Å². The number of methoxy groups -OCH3 is 1. The van der Waals surface area contributed by atoms with Crippen LogP contribution in [0.4, 0.5) is 0 Å². The van der Waals surface area contributed by atoms with E-state index in [1.54, 1.807) is 29.0 Å². The van der Waals surface area contributed by atoms with Crippen LogP contribution in [0.5, 0.6) is 5.75 Å². The predicted molar refractivity (Wildman–Crippen MR) is 117 cm³/mol. The zero-order valence-electron chi connectivity index (χ0n) is 17.3. The summed E-state index contributed by atoms with van der Waals surface area (Å²) in [6, 6.07) is 8.13. The first-order valence-electron chi connectivity index (χ1n) is 9.98. The molecule has 3 rings (SSSR count). The Labute approximate surface area is 182 Å². The van der Waals surface area contributed by atoms with Gasteiger partial charge < -0.3 is 14.1 Å². The molecule has 2 heterocycles. The molecule has 2 aromatic rings. The number of amides is 1. The first-order chi connectivity index (χ1) is 14.4.